The van der Waals surface area contributed by atoms with Gasteiger partial charge < -0.3 is 9.84 Å². The van der Waals surface area contributed by atoms with Crippen LogP contribution in [0.25, 0.3) is 0 Å². The lowest BCUT2D eigenvalue weighted by Crippen LogP contribution is -2.39. The van der Waals surface area contributed by atoms with Gasteiger partial charge in [0.05, 0.1) is 0 Å². The molecule has 2 saturated carbocycles. The number of aromatic nitrogens is 1. The van der Waals surface area contributed by atoms with E-state index in [1.807, 2.05) is 6.92 Å². The van der Waals surface area contributed by atoms with Crippen molar-refractivity contribution in [2.45, 2.75) is 53.1 Å². The second-order valence-electron chi connectivity index (χ2n) is 7.34. The largest absolute Gasteiger partial charge is 0.489 e. The van der Waals surface area contributed by atoms with Crippen molar-refractivity contribution < 1.29 is 14.6 Å². The maximum absolute atomic E-state index is 11.4. The van der Waals surface area contributed by atoms with Crippen molar-refractivity contribution in [3.63, 3.8) is 0 Å². The van der Waals surface area contributed by atoms with Crippen molar-refractivity contribution >= 4 is 5.97 Å². The van der Waals surface area contributed by atoms with Crippen LogP contribution in [0.5, 0.6) is 5.75 Å². The molecule has 4 heteroatoms. The summed E-state index contributed by atoms with van der Waals surface area (Å²) in [6.07, 6.45) is 4.91. The lowest BCUT2D eigenvalue weighted by molar-refractivity contribution is 0.0287. The first-order valence-corrected chi connectivity index (χ1v) is 7.62. The highest BCUT2D eigenvalue weighted by molar-refractivity contribution is 5.90. The van der Waals surface area contributed by atoms with Gasteiger partial charge in [0.15, 0.2) is 0 Å². The van der Waals surface area contributed by atoms with Crippen LogP contribution in [0, 0.1) is 23.7 Å². The molecule has 2 aliphatic carbocycles. The average molecular weight is 289 g/mol. The number of fused-ring (bicyclic) bond motifs is 2. The summed E-state index contributed by atoms with van der Waals surface area (Å²) >= 11 is 0. The quantitative estimate of drug-likeness (QED) is 0.922. The molecule has 4 nitrogen and oxygen atoms in total. The van der Waals surface area contributed by atoms with Crippen LogP contribution in [0.4, 0.5) is 0 Å². The molecule has 1 heterocycles. The van der Waals surface area contributed by atoms with E-state index >= 15 is 0 Å². The van der Waals surface area contributed by atoms with Crippen LogP contribution in [0.1, 0.15) is 56.1 Å². The van der Waals surface area contributed by atoms with Gasteiger partial charge in [-0.15, -0.1) is 0 Å². The zero-order valence-corrected chi connectivity index (χ0v) is 13.1. The zero-order valence-electron chi connectivity index (χ0n) is 13.1. The van der Waals surface area contributed by atoms with E-state index < -0.39 is 5.97 Å². The van der Waals surface area contributed by atoms with Gasteiger partial charge in [-0.05, 0) is 37.5 Å². The highest BCUT2D eigenvalue weighted by atomic mass is 16.5. The van der Waals surface area contributed by atoms with Crippen molar-refractivity contribution in [1.29, 1.82) is 0 Å². The predicted octanol–water partition coefficient (Wildman–Crippen LogP) is 3.68. The lowest BCUT2D eigenvalue weighted by atomic mass is 9.70. The molecule has 2 bridgehead atoms. The second kappa shape index (κ2) is 4.46. The molecule has 3 unspecified atom stereocenters. The summed E-state index contributed by atoms with van der Waals surface area (Å²) in [6.45, 7) is 8.79. The smallest absolute Gasteiger partial charge is 0.341 e. The van der Waals surface area contributed by atoms with E-state index in [2.05, 4.69) is 25.8 Å². The Balaban J connectivity index is 1.92. The fraction of sp³-hybridized carbons (Fsp3) is 0.647. The maximum Gasteiger partial charge on any atom is 0.341 e. The molecular formula is C17H23NO3. The van der Waals surface area contributed by atoms with Crippen LogP contribution in [0.2, 0.25) is 0 Å². The Morgan fingerprint density at radius 3 is 2.67 bits per heavy atom. The first-order valence-electron chi connectivity index (χ1n) is 7.62. The number of aromatic carboxylic acids is 1. The molecule has 0 aromatic carbocycles. The number of carbonyl (C=O) groups is 1. The highest BCUT2D eigenvalue weighted by Gasteiger charge is 2.62. The number of carboxylic acids is 1. The molecular weight excluding hydrogens is 266 g/mol. The molecule has 0 amide bonds. The van der Waals surface area contributed by atoms with Gasteiger partial charge in [-0.1, -0.05) is 20.8 Å². The Bertz CT molecular complexity index is 596. The number of pyridine rings is 1. The van der Waals surface area contributed by atoms with Crippen molar-refractivity contribution in [3.05, 3.63) is 23.5 Å². The van der Waals surface area contributed by atoms with E-state index in [9.17, 15) is 9.90 Å². The molecule has 1 N–H and O–H groups in total. The number of rotatable bonds is 3. The molecule has 21 heavy (non-hydrogen) atoms. The van der Waals surface area contributed by atoms with E-state index in [0.29, 0.717) is 11.7 Å². The van der Waals surface area contributed by atoms with Gasteiger partial charge >= 0.3 is 5.97 Å². The van der Waals surface area contributed by atoms with Crippen molar-refractivity contribution in [3.8, 4) is 5.75 Å². The Kier molecular flexibility index (Phi) is 3.05. The summed E-state index contributed by atoms with van der Waals surface area (Å²) in [5.74, 6) is 0.151. The molecule has 114 valence electrons. The number of aryl methyl sites for hydroxylation is 1. The van der Waals surface area contributed by atoms with E-state index in [4.69, 9.17) is 4.74 Å². The number of ether oxygens (including phenoxy) is 1. The van der Waals surface area contributed by atoms with Crippen molar-refractivity contribution in [2.75, 3.05) is 0 Å². The first kappa shape index (κ1) is 14.4. The molecule has 0 radical (unpaired) electrons. The molecule has 3 rings (SSSR count). The zero-order chi connectivity index (χ0) is 15.4. The normalized spacial score (nSPS) is 33.1. The van der Waals surface area contributed by atoms with Gasteiger partial charge in [-0.2, -0.15) is 0 Å². The predicted molar refractivity (Wildman–Crippen MR) is 79.6 cm³/mol. The van der Waals surface area contributed by atoms with Crippen LogP contribution in [-0.4, -0.2) is 22.2 Å². The van der Waals surface area contributed by atoms with Crippen LogP contribution in [0.3, 0.4) is 0 Å². The SMILES string of the molecule is Cc1cc(OC2CC3CCC2(C)C3(C)C)c(C(=O)O)cn1. The standard InChI is InChI=1S/C17H23NO3/c1-10-7-13(12(9-18-10)15(19)20)21-14-8-11-5-6-17(14,4)16(11,2)3/h7,9,11,14H,5-6,8H2,1-4H3,(H,19,20). The van der Waals surface area contributed by atoms with E-state index in [0.717, 1.165) is 18.5 Å². The van der Waals surface area contributed by atoms with Crippen molar-refractivity contribution in [2.24, 2.45) is 16.7 Å². The van der Waals surface area contributed by atoms with Gasteiger partial charge in [-0.3, -0.25) is 4.98 Å². The molecule has 0 saturated heterocycles. The summed E-state index contributed by atoms with van der Waals surface area (Å²) in [6, 6.07) is 1.74. The molecule has 2 aliphatic rings. The van der Waals surface area contributed by atoms with Gasteiger partial charge in [0.1, 0.15) is 17.4 Å². The Morgan fingerprint density at radius 2 is 2.14 bits per heavy atom. The number of hydrogen-bond donors (Lipinski definition) is 1. The lowest BCUT2D eigenvalue weighted by Gasteiger charge is -2.39. The molecule has 0 aliphatic heterocycles. The van der Waals surface area contributed by atoms with E-state index in [-0.39, 0.29) is 22.5 Å². The topological polar surface area (TPSA) is 59.4 Å². The van der Waals surface area contributed by atoms with Gasteiger partial charge in [0.2, 0.25) is 0 Å². The third-order valence-corrected chi connectivity index (χ3v) is 6.22. The number of carboxylic acid groups (broad SMARTS) is 1. The van der Waals surface area contributed by atoms with Crippen LogP contribution >= 0.6 is 0 Å². The molecule has 1 aromatic heterocycles. The van der Waals surface area contributed by atoms with E-state index in [1.54, 1.807) is 6.07 Å². The van der Waals surface area contributed by atoms with Crippen LogP contribution in [-0.2, 0) is 0 Å². The maximum atomic E-state index is 11.4. The van der Waals surface area contributed by atoms with Gasteiger partial charge in [0, 0.05) is 23.4 Å². The summed E-state index contributed by atoms with van der Waals surface area (Å²) in [5.41, 5.74) is 1.31. The van der Waals surface area contributed by atoms with Crippen LogP contribution in [0.15, 0.2) is 12.3 Å². The second-order valence-corrected chi connectivity index (χ2v) is 7.34. The van der Waals surface area contributed by atoms with Gasteiger partial charge in [-0.25, -0.2) is 4.79 Å². The Hall–Kier alpha value is -1.58. The monoisotopic (exact) mass is 289 g/mol. The van der Waals surface area contributed by atoms with Gasteiger partial charge in [0.25, 0.3) is 0 Å². The fourth-order valence-electron chi connectivity index (χ4n) is 4.25. The Morgan fingerprint density at radius 1 is 1.43 bits per heavy atom. The third-order valence-electron chi connectivity index (χ3n) is 6.22. The molecule has 3 atom stereocenters. The first-order chi connectivity index (χ1) is 9.75. The molecule has 0 spiro atoms. The van der Waals surface area contributed by atoms with Crippen LogP contribution < -0.4 is 4.74 Å². The Labute approximate surface area is 125 Å². The number of hydrogen-bond acceptors (Lipinski definition) is 3. The summed E-state index contributed by atoms with van der Waals surface area (Å²) < 4.78 is 6.20. The minimum Gasteiger partial charge on any atom is -0.489 e. The summed E-state index contributed by atoms with van der Waals surface area (Å²) in [5, 5.41) is 9.31. The minimum atomic E-state index is -0.981. The molecule has 2 fully saturated rings. The third kappa shape index (κ3) is 1.95. The average Bonchev–Trinajstić information content (AvgIpc) is 2.71. The van der Waals surface area contributed by atoms with Crippen molar-refractivity contribution in [1.82, 2.24) is 4.98 Å². The number of nitrogens with zero attached hydrogens (tertiary/aromatic N) is 1. The molecule has 1 aromatic rings. The minimum absolute atomic E-state index is 0.0890. The highest BCUT2D eigenvalue weighted by Crippen LogP contribution is 2.66. The van der Waals surface area contributed by atoms with E-state index in [1.165, 1.54) is 12.6 Å². The fourth-order valence-corrected chi connectivity index (χ4v) is 4.25. The summed E-state index contributed by atoms with van der Waals surface area (Å²) in [4.78, 5) is 15.4. The summed E-state index contributed by atoms with van der Waals surface area (Å²) in [7, 11) is 0.